The summed E-state index contributed by atoms with van der Waals surface area (Å²) in [5.74, 6) is 1.96. The van der Waals surface area contributed by atoms with Crippen molar-refractivity contribution in [2.45, 2.75) is 65.6 Å². The molecule has 1 aliphatic heterocycles. The van der Waals surface area contributed by atoms with Gasteiger partial charge >= 0.3 is 5.69 Å². The van der Waals surface area contributed by atoms with Crippen LogP contribution in [0.4, 0.5) is 0 Å². The van der Waals surface area contributed by atoms with Gasteiger partial charge in [0.1, 0.15) is 11.6 Å². The van der Waals surface area contributed by atoms with E-state index in [0.29, 0.717) is 36.7 Å². The molecule has 7 nitrogen and oxygen atoms in total. The van der Waals surface area contributed by atoms with Gasteiger partial charge in [0.2, 0.25) is 0 Å². The van der Waals surface area contributed by atoms with Crippen LogP contribution in [0.5, 0.6) is 5.75 Å². The van der Waals surface area contributed by atoms with E-state index in [1.807, 2.05) is 25.1 Å². The molecular formula is C21H30N4O3. The SMILES string of the molecule is COc1cccc(C(=O)NC2CCc3nn(CCC(C)C)c(=O)n3CC2)c1C. The molecule has 0 aliphatic carbocycles. The lowest BCUT2D eigenvalue weighted by atomic mass is 10.0. The van der Waals surface area contributed by atoms with Gasteiger partial charge in [-0.1, -0.05) is 19.9 Å². The molecule has 1 aliphatic rings. The van der Waals surface area contributed by atoms with Crippen LogP contribution in [-0.2, 0) is 19.5 Å². The molecular weight excluding hydrogens is 356 g/mol. The summed E-state index contributed by atoms with van der Waals surface area (Å²) in [4.78, 5) is 25.3. The summed E-state index contributed by atoms with van der Waals surface area (Å²) in [5, 5.41) is 7.65. The smallest absolute Gasteiger partial charge is 0.345 e. The number of ether oxygens (including phenoxy) is 1. The first-order chi connectivity index (χ1) is 13.4. The fourth-order valence-corrected chi connectivity index (χ4v) is 3.64. The second-order valence-corrected chi connectivity index (χ2v) is 7.89. The third kappa shape index (κ3) is 4.29. The van der Waals surface area contributed by atoms with Crippen molar-refractivity contribution in [1.29, 1.82) is 0 Å². The summed E-state index contributed by atoms with van der Waals surface area (Å²) in [6.45, 7) is 7.41. The number of aryl methyl sites for hydroxylation is 2. The Labute approximate surface area is 165 Å². The zero-order chi connectivity index (χ0) is 20.3. The summed E-state index contributed by atoms with van der Waals surface area (Å²) in [6.07, 6.45) is 3.12. The number of benzene rings is 1. The number of carbonyl (C=O) groups excluding carboxylic acids is 1. The molecule has 1 amide bonds. The Bertz CT molecular complexity index is 898. The van der Waals surface area contributed by atoms with Crippen LogP contribution in [0.3, 0.4) is 0 Å². The molecule has 0 saturated carbocycles. The van der Waals surface area contributed by atoms with Crippen molar-refractivity contribution in [1.82, 2.24) is 19.7 Å². The first-order valence-corrected chi connectivity index (χ1v) is 10.0. The van der Waals surface area contributed by atoms with E-state index < -0.39 is 0 Å². The van der Waals surface area contributed by atoms with Crippen molar-refractivity contribution in [3.05, 3.63) is 45.6 Å². The van der Waals surface area contributed by atoms with E-state index in [0.717, 1.165) is 30.7 Å². The minimum Gasteiger partial charge on any atom is -0.496 e. The van der Waals surface area contributed by atoms with Crippen LogP contribution in [0, 0.1) is 12.8 Å². The first kappa shape index (κ1) is 20.2. The Morgan fingerprint density at radius 1 is 1.36 bits per heavy atom. The van der Waals surface area contributed by atoms with Crippen LogP contribution in [0.2, 0.25) is 0 Å². The lowest BCUT2D eigenvalue weighted by Gasteiger charge is -2.17. The second kappa shape index (κ2) is 8.63. The van der Waals surface area contributed by atoms with E-state index in [2.05, 4.69) is 24.3 Å². The van der Waals surface area contributed by atoms with E-state index in [4.69, 9.17) is 4.74 Å². The summed E-state index contributed by atoms with van der Waals surface area (Å²) in [7, 11) is 1.60. The summed E-state index contributed by atoms with van der Waals surface area (Å²) in [6, 6.07) is 5.50. The average molecular weight is 386 g/mol. The maximum absolute atomic E-state index is 12.7. The zero-order valence-corrected chi connectivity index (χ0v) is 17.2. The van der Waals surface area contributed by atoms with Crippen molar-refractivity contribution < 1.29 is 9.53 Å². The number of amides is 1. The van der Waals surface area contributed by atoms with Gasteiger partial charge in [-0.3, -0.25) is 9.36 Å². The third-order valence-electron chi connectivity index (χ3n) is 5.42. The minimum atomic E-state index is -0.102. The largest absolute Gasteiger partial charge is 0.496 e. The molecule has 3 rings (SSSR count). The number of hydrogen-bond acceptors (Lipinski definition) is 4. The maximum Gasteiger partial charge on any atom is 0.345 e. The molecule has 1 N–H and O–H groups in total. The molecule has 152 valence electrons. The van der Waals surface area contributed by atoms with E-state index >= 15 is 0 Å². The number of carbonyl (C=O) groups is 1. The summed E-state index contributed by atoms with van der Waals surface area (Å²) < 4.78 is 8.67. The molecule has 2 aromatic rings. The minimum absolute atomic E-state index is 0.0170. The van der Waals surface area contributed by atoms with Gasteiger partial charge in [-0.2, -0.15) is 5.10 Å². The highest BCUT2D eigenvalue weighted by Gasteiger charge is 2.23. The Hall–Kier alpha value is -2.57. The number of methoxy groups -OCH3 is 1. The standard InChI is InChI=1S/C21H30N4O3/c1-14(2)10-13-25-21(27)24-12-11-16(8-9-19(24)23-25)22-20(26)17-6-5-7-18(28-4)15(17)3/h5-7,14,16H,8-13H2,1-4H3,(H,22,26). The fourth-order valence-electron chi connectivity index (χ4n) is 3.64. The molecule has 0 saturated heterocycles. The number of nitrogens with zero attached hydrogens (tertiary/aromatic N) is 3. The number of fused-ring (bicyclic) bond motifs is 1. The quantitative estimate of drug-likeness (QED) is 0.828. The predicted octanol–water partition coefficient (Wildman–Crippen LogP) is 2.54. The van der Waals surface area contributed by atoms with Crippen LogP contribution < -0.4 is 15.7 Å². The van der Waals surface area contributed by atoms with Crippen molar-refractivity contribution in [2.24, 2.45) is 5.92 Å². The van der Waals surface area contributed by atoms with Crippen molar-refractivity contribution >= 4 is 5.91 Å². The van der Waals surface area contributed by atoms with Gasteiger partial charge in [0, 0.05) is 36.7 Å². The Balaban J connectivity index is 1.66. The van der Waals surface area contributed by atoms with Crippen molar-refractivity contribution in [3.8, 4) is 5.75 Å². The second-order valence-electron chi connectivity index (χ2n) is 7.89. The summed E-state index contributed by atoms with van der Waals surface area (Å²) in [5.41, 5.74) is 1.42. The predicted molar refractivity (Wildman–Crippen MR) is 108 cm³/mol. The van der Waals surface area contributed by atoms with E-state index in [1.54, 1.807) is 16.4 Å². The Morgan fingerprint density at radius 2 is 2.14 bits per heavy atom. The van der Waals surface area contributed by atoms with Gasteiger partial charge in [-0.15, -0.1) is 0 Å². The number of rotatable bonds is 6. The van der Waals surface area contributed by atoms with Gasteiger partial charge in [-0.25, -0.2) is 9.48 Å². The van der Waals surface area contributed by atoms with Gasteiger partial charge in [0.05, 0.1) is 7.11 Å². The summed E-state index contributed by atoms with van der Waals surface area (Å²) >= 11 is 0. The molecule has 0 bridgehead atoms. The highest BCUT2D eigenvalue weighted by molar-refractivity contribution is 5.96. The van der Waals surface area contributed by atoms with Crippen molar-refractivity contribution in [2.75, 3.05) is 7.11 Å². The highest BCUT2D eigenvalue weighted by atomic mass is 16.5. The van der Waals surface area contributed by atoms with E-state index in [9.17, 15) is 9.59 Å². The highest BCUT2D eigenvalue weighted by Crippen LogP contribution is 2.21. The van der Waals surface area contributed by atoms with Crippen LogP contribution in [0.15, 0.2) is 23.0 Å². The van der Waals surface area contributed by atoms with Gasteiger partial charge in [0.15, 0.2) is 0 Å². The third-order valence-corrected chi connectivity index (χ3v) is 5.42. The van der Waals surface area contributed by atoms with Gasteiger partial charge in [-0.05, 0) is 44.2 Å². The lowest BCUT2D eigenvalue weighted by molar-refractivity contribution is 0.0932. The first-order valence-electron chi connectivity index (χ1n) is 10.0. The van der Waals surface area contributed by atoms with E-state index in [-0.39, 0.29) is 17.6 Å². The molecule has 0 fully saturated rings. The number of hydrogen-bond donors (Lipinski definition) is 1. The topological polar surface area (TPSA) is 78.2 Å². The molecule has 1 atom stereocenters. The molecule has 28 heavy (non-hydrogen) atoms. The zero-order valence-electron chi connectivity index (χ0n) is 17.2. The monoisotopic (exact) mass is 386 g/mol. The number of nitrogens with one attached hydrogen (secondary N) is 1. The Morgan fingerprint density at radius 3 is 2.86 bits per heavy atom. The Kier molecular flexibility index (Phi) is 6.21. The molecule has 1 aromatic heterocycles. The maximum atomic E-state index is 12.7. The molecule has 0 spiro atoms. The fraction of sp³-hybridized carbons (Fsp3) is 0.571. The van der Waals surface area contributed by atoms with Gasteiger partial charge in [0.25, 0.3) is 5.91 Å². The van der Waals surface area contributed by atoms with Crippen LogP contribution in [0.1, 0.15) is 54.9 Å². The number of aromatic nitrogens is 3. The molecule has 2 heterocycles. The van der Waals surface area contributed by atoms with Crippen LogP contribution in [0.25, 0.3) is 0 Å². The molecule has 0 radical (unpaired) electrons. The van der Waals surface area contributed by atoms with Crippen molar-refractivity contribution in [3.63, 3.8) is 0 Å². The molecule has 1 aromatic carbocycles. The molecule has 1 unspecified atom stereocenters. The van der Waals surface area contributed by atoms with E-state index in [1.165, 1.54) is 0 Å². The average Bonchev–Trinajstić information content (AvgIpc) is 2.83. The lowest BCUT2D eigenvalue weighted by Crippen LogP contribution is -2.36. The van der Waals surface area contributed by atoms with Crippen LogP contribution >= 0.6 is 0 Å². The molecule has 7 heteroatoms. The normalized spacial score (nSPS) is 16.5. The van der Waals surface area contributed by atoms with Gasteiger partial charge < -0.3 is 10.1 Å². The van der Waals surface area contributed by atoms with Crippen LogP contribution in [-0.4, -0.2) is 33.4 Å².